The fraction of sp³-hybridized carbons (Fsp3) is 0.333. The maximum absolute atomic E-state index is 11.3. The zero-order valence-electron chi connectivity index (χ0n) is 11.9. The molecular weight excluding hydrogens is 260 g/mol. The molecule has 3 nitrogen and oxygen atoms in total. The number of benzene rings is 1. The summed E-state index contributed by atoms with van der Waals surface area (Å²) in [5.74, 6) is -0.410. The van der Waals surface area contributed by atoms with Crippen LogP contribution in [0.1, 0.15) is 31.2 Å². The van der Waals surface area contributed by atoms with E-state index in [0.29, 0.717) is 12.0 Å². The molecule has 3 heteroatoms. The molecule has 2 aliphatic carbocycles. The maximum Gasteiger partial charge on any atom is 0.248 e. The molecule has 1 aromatic carbocycles. The zero-order valence-corrected chi connectivity index (χ0v) is 11.9. The van der Waals surface area contributed by atoms with Crippen LogP contribution >= 0.6 is 0 Å². The van der Waals surface area contributed by atoms with Crippen LogP contribution in [-0.4, -0.2) is 5.91 Å². The van der Waals surface area contributed by atoms with E-state index < -0.39 is 5.91 Å². The van der Waals surface area contributed by atoms with E-state index in [0.717, 1.165) is 24.8 Å². The molecule has 3 rings (SSSR count). The summed E-state index contributed by atoms with van der Waals surface area (Å²) in [4.78, 5) is 11.3. The number of primary amides is 1. The van der Waals surface area contributed by atoms with Crippen molar-refractivity contribution in [3.63, 3.8) is 0 Å². The number of carbonyl (C=O) groups excluding carboxylic acids is 1. The molecule has 1 aromatic rings. The molecule has 0 spiro atoms. The number of nitrogens with two attached hydrogens (primary N) is 1. The second-order valence-electron chi connectivity index (χ2n) is 5.95. The minimum atomic E-state index is -0.410. The van der Waals surface area contributed by atoms with Crippen molar-refractivity contribution in [3.8, 4) is 6.07 Å². The molecule has 1 amide bonds. The summed E-state index contributed by atoms with van der Waals surface area (Å²) in [6.45, 7) is 0. The average Bonchev–Trinajstić information content (AvgIpc) is 2.48. The molecule has 1 atom stereocenters. The van der Waals surface area contributed by atoms with Gasteiger partial charge in [0.25, 0.3) is 0 Å². The van der Waals surface area contributed by atoms with Crippen molar-refractivity contribution in [1.29, 1.82) is 5.26 Å². The monoisotopic (exact) mass is 278 g/mol. The number of carbonyl (C=O) groups is 1. The van der Waals surface area contributed by atoms with E-state index >= 15 is 0 Å². The van der Waals surface area contributed by atoms with E-state index in [1.54, 1.807) is 6.08 Å². The van der Waals surface area contributed by atoms with Crippen molar-refractivity contribution >= 4 is 5.91 Å². The second-order valence-corrected chi connectivity index (χ2v) is 5.95. The van der Waals surface area contributed by atoms with Gasteiger partial charge in [0.1, 0.15) is 0 Å². The summed E-state index contributed by atoms with van der Waals surface area (Å²) in [5.41, 5.74) is 6.32. The van der Waals surface area contributed by atoms with Crippen LogP contribution in [0, 0.1) is 16.7 Å². The molecule has 1 fully saturated rings. The van der Waals surface area contributed by atoms with E-state index in [1.165, 1.54) is 0 Å². The molecule has 2 N–H and O–H groups in total. The summed E-state index contributed by atoms with van der Waals surface area (Å²) < 4.78 is 0. The first-order chi connectivity index (χ1) is 10.1. The van der Waals surface area contributed by atoms with Crippen LogP contribution in [-0.2, 0) is 10.2 Å². The molecular formula is C18H18N2O. The quantitative estimate of drug-likeness (QED) is 0.923. The number of hydrogen-bond acceptors (Lipinski definition) is 2. The summed E-state index contributed by atoms with van der Waals surface area (Å²) in [6, 6.07) is 12.7. The number of hydrogen-bond donors (Lipinski definition) is 1. The third-order valence-electron chi connectivity index (χ3n) is 5.04. The summed E-state index contributed by atoms with van der Waals surface area (Å²) >= 11 is 0. The fourth-order valence-corrected chi connectivity index (χ4v) is 3.59. The van der Waals surface area contributed by atoms with E-state index in [9.17, 15) is 10.1 Å². The normalized spacial score (nSPS) is 26.3. The Morgan fingerprint density at radius 3 is 2.38 bits per heavy atom. The molecule has 0 radical (unpaired) electrons. The lowest BCUT2D eigenvalue weighted by Gasteiger charge is -2.51. The first kappa shape index (κ1) is 13.6. The molecule has 106 valence electrons. The van der Waals surface area contributed by atoms with Gasteiger partial charge in [-0.15, -0.1) is 0 Å². The molecule has 0 heterocycles. The maximum atomic E-state index is 11.3. The van der Waals surface area contributed by atoms with E-state index in [2.05, 4.69) is 18.2 Å². The summed E-state index contributed by atoms with van der Waals surface area (Å²) in [7, 11) is 0. The predicted octanol–water partition coefficient (Wildman–Crippen LogP) is 2.99. The first-order valence-corrected chi connectivity index (χ1v) is 7.30. The second kappa shape index (κ2) is 4.89. The number of allylic oxidation sites excluding steroid dienone is 2. The Hall–Kier alpha value is -2.34. The lowest BCUT2D eigenvalue weighted by Crippen LogP contribution is -2.48. The van der Waals surface area contributed by atoms with Crippen LogP contribution < -0.4 is 5.73 Å². The molecule has 21 heavy (non-hydrogen) atoms. The Morgan fingerprint density at radius 2 is 1.95 bits per heavy atom. The Labute approximate surface area is 124 Å². The van der Waals surface area contributed by atoms with E-state index in [-0.39, 0.29) is 10.8 Å². The fourth-order valence-electron chi connectivity index (χ4n) is 3.59. The van der Waals surface area contributed by atoms with E-state index in [1.807, 2.05) is 30.4 Å². The molecule has 0 aliphatic heterocycles. The standard InChI is InChI=1S/C18H18N2O/c19-13-17(9-4-10-17)18(15-5-2-1-3-6-15)11-7-14(8-12-18)16(20)21/h1-3,5-8,11H,4,9-10,12H2,(H2,20,21). The van der Waals surface area contributed by atoms with Crippen LogP contribution in [0.25, 0.3) is 0 Å². The van der Waals surface area contributed by atoms with Crippen molar-refractivity contribution in [1.82, 2.24) is 0 Å². The van der Waals surface area contributed by atoms with Crippen molar-refractivity contribution < 1.29 is 4.79 Å². The third-order valence-corrected chi connectivity index (χ3v) is 5.04. The van der Waals surface area contributed by atoms with Gasteiger partial charge in [0.2, 0.25) is 5.91 Å². The van der Waals surface area contributed by atoms with Crippen molar-refractivity contribution in [2.24, 2.45) is 11.1 Å². The zero-order chi connectivity index (χ0) is 14.9. The van der Waals surface area contributed by atoms with Crippen LogP contribution in [0.2, 0.25) is 0 Å². The number of amides is 1. The Balaban J connectivity index is 2.10. The molecule has 0 aromatic heterocycles. The van der Waals surface area contributed by atoms with Gasteiger partial charge in [-0.25, -0.2) is 0 Å². The van der Waals surface area contributed by atoms with E-state index in [4.69, 9.17) is 5.73 Å². The number of nitrogens with zero attached hydrogens (tertiary/aromatic N) is 1. The minimum Gasteiger partial charge on any atom is -0.366 e. The van der Waals surface area contributed by atoms with Crippen LogP contribution in [0.4, 0.5) is 0 Å². The van der Waals surface area contributed by atoms with Crippen molar-refractivity contribution in [2.45, 2.75) is 31.1 Å². The Morgan fingerprint density at radius 1 is 1.24 bits per heavy atom. The topological polar surface area (TPSA) is 66.9 Å². The minimum absolute atomic E-state index is 0.347. The number of rotatable bonds is 3. The molecule has 1 saturated carbocycles. The highest BCUT2D eigenvalue weighted by molar-refractivity contribution is 5.95. The Kier molecular flexibility index (Phi) is 3.17. The Bertz CT molecular complexity index is 662. The van der Waals surface area contributed by atoms with Gasteiger partial charge in [0.15, 0.2) is 0 Å². The van der Waals surface area contributed by atoms with Crippen LogP contribution in [0.5, 0.6) is 0 Å². The highest BCUT2D eigenvalue weighted by atomic mass is 16.1. The highest BCUT2D eigenvalue weighted by Crippen LogP contribution is 2.58. The van der Waals surface area contributed by atoms with Gasteiger partial charge in [-0.1, -0.05) is 55.0 Å². The van der Waals surface area contributed by atoms with Gasteiger partial charge < -0.3 is 5.73 Å². The highest BCUT2D eigenvalue weighted by Gasteiger charge is 2.55. The summed E-state index contributed by atoms with van der Waals surface area (Å²) in [6.07, 6.45) is 9.25. The lowest BCUT2D eigenvalue weighted by atomic mass is 9.49. The molecule has 0 bridgehead atoms. The first-order valence-electron chi connectivity index (χ1n) is 7.30. The number of nitriles is 1. The van der Waals surface area contributed by atoms with Gasteiger partial charge in [-0.3, -0.25) is 4.79 Å². The lowest BCUT2D eigenvalue weighted by molar-refractivity contribution is -0.114. The molecule has 0 saturated heterocycles. The molecule has 2 aliphatic rings. The summed E-state index contributed by atoms with van der Waals surface area (Å²) in [5, 5.41) is 9.79. The van der Waals surface area contributed by atoms with Crippen molar-refractivity contribution in [2.75, 3.05) is 0 Å². The largest absolute Gasteiger partial charge is 0.366 e. The van der Waals surface area contributed by atoms with Crippen LogP contribution in [0.15, 0.2) is 54.1 Å². The smallest absolute Gasteiger partial charge is 0.248 e. The SMILES string of the molecule is N#CC1(C2(c3ccccc3)C=CC(C(N)=O)=CC2)CCC1. The predicted molar refractivity (Wildman–Crippen MR) is 81.1 cm³/mol. The van der Waals surface area contributed by atoms with Gasteiger partial charge in [0, 0.05) is 11.0 Å². The average molecular weight is 278 g/mol. The van der Waals surface area contributed by atoms with Gasteiger partial charge >= 0.3 is 0 Å². The van der Waals surface area contributed by atoms with Gasteiger partial charge in [-0.2, -0.15) is 5.26 Å². The van der Waals surface area contributed by atoms with Gasteiger partial charge in [-0.05, 0) is 24.8 Å². The van der Waals surface area contributed by atoms with Crippen molar-refractivity contribution in [3.05, 3.63) is 59.7 Å². The van der Waals surface area contributed by atoms with Gasteiger partial charge in [0.05, 0.1) is 11.5 Å². The van der Waals surface area contributed by atoms with Crippen LogP contribution in [0.3, 0.4) is 0 Å². The molecule has 1 unspecified atom stereocenters. The third kappa shape index (κ3) is 1.91.